The molecule has 0 saturated carbocycles. The Morgan fingerprint density at radius 1 is 0.808 bits per heavy atom. The van der Waals surface area contributed by atoms with E-state index >= 15 is 0 Å². The quantitative estimate of drug-likeness (QED) is 0.245. The van der Waals surface area contributed by atoms with E-state index in [0.717, 1.165) is 32.1 Å². The molecule has 6 nitrogen and oxygen atoms in total. The number of carbonyl (C=O) groups is 3. The van der Waals surface area contributed by atoms with Crippen LogP contribution in [0.2, 0.25) is 0 Å². The van der Waals surface area contributed by atoms with Crippen LogP contribution in [0, 0.1) is 0 Å². The first kappa shape index (κ1) is 24.7. The highest BCUT2D eigenvalue weighted by Crippen LogP contribution is 2.27. The molecule has 0 radical (unpaired) electrons. The van der Waals surface area contributed by atoms with Gasteiger partial charge in [0.25, 0.3) is 5.60 Å². The number of hydrogen-bond donors (Lipinski definition) is 2. The summed E-state index contributed by atoms with van der Waals surface area (Å²) >= 11 is 0. The van der Waals surface area contributed by atoms with Crippen LogP contribution >= 0.6 is 0 Å². The van der Waals surface area contributed by atoms with E-state index in [4.69, 9.17) is 4.74 Å². The molecule has 0 aliphatic rings. The number of rotatable bonds is 16. The second-order valence-corrected chi connectivity index (χ2v) is 6.77. The number of carbonyl (C=O) groups excluding carboxylic acids is 3. The first-order valence-electron chi connectivity index (χ1n) is 9.97. The van der Waals surface area contributed by atoms with Crippen molar-refractivity contribution in [1.29, 1.82) is 0 Å². The van der Waals surface area contributed by atoms with Crippen LogP contribution in [0.15, 0.2) is 0 Å². The molecular formula is C20H36O6. The molecule has 0 aromatic heterocycles. The van der Waals surface area contributed by atoms with Crippen molar-refractivity contribution in [3.63, 3.8) is 0 Å². The Balaban J connectivity index is 5.58. The van der Waals surface area contributed by atoms with Crippen LogP contribution in [0.3, 0.4) is 0 Å². The number of aliphatic hydroxyl groups is 2. The number of ketones is 2. The van der Waals surface area contributed by atoms with Gasteiger partial charge >= 0.3 is 5.97 Å². The fraction of sp³-hybridized carbons (Fsp3) is 0.850. The van der Waals surface area contributed by atoms with E-state index in [2.05, 4.69) is 0 Å². The van der Waals surface area contributed by atoms with Gasteiger partial charge in [0, 0.05) is 19.3 Å². The Kier molecular flexibility index (Phi) is 13.2. The van der Waals surface area contributed by atoms with E-state index in [-0.39, 0.29) is 19.3 Å². The predicted molar refractivity (Wildman–Crippen MR) is 99.7 cm³/mol. The number of hydrogen-bond acceptors (Lipinski definition) is 6. The molecule has 0 aromatic carbocycles. The molecule has 26 heavy (non-hydrogen) atoms. The van der Waals surface area contributed by atoms with Gasteiger partial charge in [-0.1, -0.05) is 52.9 Å². The van der Waals surface area contributed by atoms with Crippen molar-refractivity contribution in [2.45, 2.75) is 103 Å². The van der Waals surface area contributed by atoms with Gasteiger partial charge in [0.15, 0.2) is 11.6 Å². The molecule has 6 heteroatoms. The summed E-state index contributed by atoms with van der Waals surface area (Å²) < 4.78 is 5.33. The van der Waals surface area contributed by atoms with E-state index in [1.807, 2.05) is 20.8 Å². The molecule has 2 N–H and O–H groups in total. The third-order valence-electron chi connectivity index (χ3n) is 4.49. The standard InChI is InChI=1S/C20H36O6/c1-4-7-10-12-16(22)20(18(24)15-21,17(23)13-11-8-5-2)26-19(25)14-9-6-3/h18,21,24H,4-15H2,1-3H3. The zero-order valence-corrected chi connectivity index (χ0v) is 16.6. The molecular weight excluding hydrogens is 336 g/mol. The monoisotopic (exact) mass is 372 g/mol. The molecule has 0 heterocycles. The molecule has 1 atom stereocenters. The summed E-state index contributed by atoms with van der Waals surface area (Å²) in [5.41, 5.74) is -2.28. The highest BCUT2D eigenvalue weighted by Gasteiger charge is 2.53. The Morgan fingerprint density at radius 2 is 1.27 bits per heavy atom. The Hall–Kier alpha value is -1.27. The van der Waals surface area contributed by atoms with Gasteiger partial charge in [0.05, 0.1) is 6.61 Å². The lowest BCUT2D eigenvalue weighted by atomic mass is 9.82. The van der Waals surface area contributed by atoms with Gasteiger partial charge in [-0.3, -0.25) is 14.4 Å². The normalized spacial score (nSPS) is 12.7. The van der Waals surface area contributed by atoms with Crippen LogP contribution in [-0.4, -0.2) is 46.1 Å². The summed E-state index contributed by atoms with van der Waals surface area (Å²) in [7, 11) is 0. The van der Waals surface area contributed by atoms with Crippen molar-refractivity contribution in [2.75, 3.05) is 6.61 Å². The van der Waals surface area contributed by atoms with Crippen molar-refractivity contribution in [3.8, 4) is 0 Å². The SMILES string of the molecule is CCCCCC(=O)C(OC(=O)CCCC)(C(=O)CCCCC)C(O)CO. The molecule has 0 saturated heterocycles. The van der Waals surface area contributed by atoms with Gasteiger partial charge in [-0.2, -0.15) is 0 Å². The first-order valence-corrected chi connectivity index (χ1v) is 9.97. The Morgan fingerprint density at radius 3 is 1.65 bits per heavy atom. The number of Topliss-reactive ketones (excluding diaryl/α,β-unsaturated/α-hetero) is 2. The zero-order valence-electron chi connectivity index (χ0n) is 16.6. The molecule has 0 rings (SSSR count). The van der Waals surface area contributed by atoms with Gasteiger partial charge in [0.2, 0.25) is 0 Å². The summed E-state index contributed by atoms with van der Waals surface area (Å²) in [6, 6.07) is 0. The average molecular weight is 373 g/mol. The second-order valence-electron chi connectivity index (χ2n) is 6.77. The summed E-state index contributed by atoms with van der Waals surface area (Å²) in [6.45, 7) is 5.07. The summed E-state index contributed by atoms with van der Waals surface area (Å²) in [5, 5.41) is 19.8. The topological polar surface area (TPSA) is 101 Å². The summed E-state index contributed by atoms with van der Waals surface area (Å²) in [5.74, 6) is -1.91. The maximum Gasteiger partial charge on any atom is 0.307 e. The Labute approximate surface area is 157 Å². The smallest absolute Gasteiger partial charge is 0.307 e. The van der Waals surface area contributed by atoms with Crippen LogP contribution in [0.4, 0.5) is 0 Å². The fourth-order valence-electron chi connectivity index (χ4n) is 2.83. The molecule has 0 fully saturated rings. The highest BCUT2D eigenvalue weighted by molar-refractivity contribution is 6.12. The highest BCUT2D eigenvalue weighted by atomic mass is 16.6. The molecule has 0 aliphatic heterocycles. The zero-order chi connectivity index (χ0) is 20.0. The van der Waals surface area contributed by atoms with E-state index in [9.17, 15) is 24.6 Å². The molecule has 152 valence electrons. The van der Waals surface area contributed by atoms with Crippen molar-refractivity contribution in [3.05, 3.63) is 0 Å². The van der Waals surface area contributed by atoms with Gasteiger partial charge in [-0.05, 0) is 19.3 Å². The maximum atomic E-state index is 12.9. The summed E-state index contributed by atoms with van der Waals surface area (Å²) in [4.78, 5) is 37.9. The van der Waals surface area contributed by atoms with Crippen LogP contribution in [0.25, 0.3) is 0 Å². The van der Waals surface area contributed by atoms with Gasteiger partial charge < -0.3 is 14.9 Å². The number of esters is 1. The lowest BCUT2D eigenvalue weighted by molar-refractivity contribution is -0.188. The minimum atomic E-state index is -2.28. The first-order chi connectivity index (χ1) is 12.4. The largest absolute Gasteiger partial charge is 0.440 e. The van der Waals surface area contributed by atoms with Gasteiger partial charge in [-0.15, -0.1) is 0 Å². The third-order valence-corrected chi connectivity index (χ3v) is 4.49. The minimum Gasteiger partial charge on any atom is -0.440 e. The van der Waals surface area contributed by atoms with E-state index < -0.39 is 35.8 Å². The Bertz CT molecular complexity index is 410. The lowest BCUT2D eigenvalue weighted by Gasteiger charge is -2.34. The van der Waals surface area contributed by atoms with Crippen molar-refractivity contribution < 1.29 is 29.3 Å². The number of ether oxygens (including phenoxy) is 1. The number of aliphatic hydroxyl groups excluding tert-OH is 2. The number of unbranched alkanes of at least 4 members (excludes halogenated alkanes) is 5. The molecule has 1 unspecified atom stereocenters. The van der Waals surface area contributed by atoms with E-state index in [0.29, 0.717) is 19.3 Å². The van der Waals surface area contributed by atoms with E-state index in [1.54, 1.807) is 0 Å². The molecule has 0 spiro atoms. The van der Waals surface area contributed by atoms with Crippen LogP contribution in [0.5, 0.6) is 0 Å². The predicted octanol–water partition coefficient (Wildman–Crippen LogP) is 3.11. The second kappa shape index (κ2) is 13.9. The van der Waals surface area contributed by atoms with Crippen LogP contribution < -0.4 is 0 Å². The summed E-state index contributed by atoms with van der Waals surface area (Å²) in [6.07, 6.45) is 4.20. The van der Waals surface area contributed by atoms with Crippen LogP contribution in [-0.2, 0) is 19.1 Å². The van der Waals surface area contributed by atoms with E-state index in [1.165, 1.54) is 0 Å². The minimum absolute atomic E-state index is 0.0332. The third kappa shape index (κ3) is 7.54. The average Bonchev–Trinajstić information content (AvgIpc) is 2.63. The van der Waals surface area contributed by atoms with Gasteiger partial charge in [0.1, 0.15) is 6.10 Å². The molecule has 0 aliphatic carbocycles. The fourth-order valence-corrected chi connectivity index (χ4v) is 2.83. The molecule has 0 amide bonds. The van der Waals surface area contributed by atoms with Gasteiger partial charge in [-0.25, -0.2) is 0 Å². The van der Waals surface area contributed by atoms with Crippen molar-refractivity contribution >= 4 is 17.5 Å². The van der Waals surface area contributed by atoms with Crippen molar-refractivity contribution in [1.82, 2.24) is 0 Å². The van der Waals surface area contributed by atoms with Crippen LogP contribution in [0.1, 0.15) is 91.4 Å². The lowest BCUT2D eigenvalue weighted by Crippen LogP contribution is -2.60. The molecule has 0 bridgehead atoms. The van der Waals surface area contributed by atoms with Crippen molar-refractivity contribution in [2.24, 2.45) is 0 Å². The maximum absolute atomic E-state index is 12.9. The molecule has 0 aromatic rings.